The lowest BCUT2D eigenvalue weighted by molar-refractivity contribution is -0.0179. The Balaban J connectivity index is 2.93. The van der Waals surface area contributed by atoms with E-state index < -0.39 is 6.10 Å². The van der Waals surface area contributed by atoms with E-state index in [1.54, 1.807) is 32.5 Å². The van der Waals surface area contributed by atoms with Gasteiger partial charge in [-0.1, -0.05) is 6.92 Å². The zero-order valence-electron chi connectivity index (χ0n) is 9.30. The molecule has 4 nitrogen and oxygen atoms in total. The molecular formula is C11H17NO3. The molecule has 15 heavy (non-hydrogen) atoms. The summed E-state index contributed by atoms with van der Waals surface area (Å²) in [7, 11) is 3.13. The fourth-order valence-corrected chi connectivity index (χ4v) is 1.49. The molecule has 1 rings (SSSR count). The van der Waals surface area contributed by atoms with Crippen LogP contribution >= 0.6 is 0 Å². The largest absolute Gasteiger partial charge is 0.495 e. The summed E-state index contributed by atoms with van der Waals surface area (Å²) in [6.07, 6.45) is 1.34. The molecule has 1 N–H and O–H groups in total. The fraction of sp³-hybridized carbons (Fsp3) is 0.545. The molecule has 0 spiro atoms. The van der Waals surface area contributed by atoms with Crippen LogP contribution in [0, 0.1) is 0 Å². The smallest absolute Gasteiger partial charge is 0.143 e. The molecule has 1 aromatic rings. The van der Waals surface area contributed by atoms with Gasteiger partial charge in [0, 0.05) is 13.3 Å². The minimum Gasteiger partial charge on any atom is -0.495 e. The van der Waals surface area contributed by atoms with E-state index >= 15 is 0 Å². The summed E-state index contributed by atoms with van der Waals surface area (Å²) in [5, 5.41) is 10.0. The van der Waals surface area contributed by atoms with Gasteiger partial charge in [-0.25, -0.2) is 0 Å². The summed E-state index contributed by atoms with van der Waals surface area (Å²) in [6, 6.07) is 3.54. The third kappa shape index (κ3) is 2.67. The number of aromatic nitrogens is 1. The van der Waals surface area contributed by atoms with Crippen LogP contribution in [0.15, 0.2) is 18.3 Å². The van der Waals surface area contributed by atoms with Crippen LogP contribution in [-0.4, -0.2) is 30.4 Å². The summed E-state index contributed by atoms with van der Waals surface area (Å²) in [6.45, 7) is 1.95. The Hall–Kier alpha value is -1.13. The van der Waals surface area contributed by atoms with Crippen molar-refractivity contribution in [2.45, 2.75) is 25.6 Å². The molecule has 0 radical (unpaired) electrons. The fourth-order valence-electron chi connectivity index (χ4n) is 1.49. The SMILES string of the molecule is CCC(OC)C(O)c1ncccc1OC. The minimum absolute atomic E-state index is 0.256. The van der Waals surface area contributed by atoms with Crippen LogP contribution in [0.1, 0.15) is 25.1 Å². The van der Waals surface area contributed by atoms with Gasteiger partial charge >= 0.3 is 0 Å². The molecule has 0 saturated carbocycles. The Morgan fingerprint density at radius 3 is 2.73 bits per heavy atom. The van der Waals surface area contributed by atoms with Gasteiger partial charge in [-0.15, -0.1) is 0 Å². The van der Waals surface area contributed by atoms with Gasteiger partial charge in [0.1, 0.15) is 17.5 Å². The number of methoxy groups -OCH3 is 2. The van der Waals surface area contributed by atoms with Crippen molar-refractivity contribution >= 4 is 0 Å². The predicted molar refractivity (Wildman–Crippen MR) is 56.8 cm³/mol. The second-order valence-corrected chi connectivity index (χ2v) is 3.22. The molecular weight excluding hydrogens is 194 g/mol. The van der Waals surface area contributed by atoms with Crippen LogP contribution in [0.5, 0.6) is 5.75 Å². The van der Waals surface area contributed by atoms with Crippen molar-refractivity contribution < 1.29 is 14.6 Å². The third-order valence-electron chi connectivity index (χ3n) is 2.36. The number of ether oxygens (including phenoxy) is 2. The predicted octanol–water partition coefficient (Wildman–Crippen LogP) is 1.55. The van der Waals surface area contributed by atoms with Crippen molar-refractivity contribution in [2.75, 3.05) is 14.2 Å². The first kappa shape index (κ1) is 11.9. The van der Waals surface area contributed by atoms with Gasteiger partial charge < -0.3 is 14.6 Å². The van der Waals surface area contributed by atoms with Crippen LogP contribution in [-0.2, 0) is 4.74 Å². The van der Waals surface area contributed by atoms with Crippen LogP contribution in [0.4, 0.5) is 0 Å². The first-order valence-electron chi connectivity index (χ1n) is 4.94. The molecule has 2 atom stereocenters. The van der Waals surface area contributed by atoms with Gasteiger partial charge in [-0.3, -0.25) is 4.98 Å². The van der Waals surface area contributed by atoms with Gasteiger partial charge in [0.05, 0.1) is 13.2 Å². The Morgan fingerprint density at radius 2 is 2.20 bits per heavy atom. The molecule has 1 heterocycles. The zero-order valence-corrected chi connectivity index (χ0v) is 9.30. The third-order valence-corrected chi connectivity index (χ3v) is 2.36. The number of rotatable bonds is 5. The van der Waals surface area contributed by atoms with E-state index in [0.717, 1.165) is 6.42 Å². The van der Waals surface area contributed by atoms with E-state index in [-0.39, 0.29) is 6.10 Å². The molecule has 0 fully saturated rings. The quantitative estimate of drug-likeness (QED) is 0.802. The summed E-state index contributed by atoms with van der Waals surface area (Å²) in [5.41, 5.74) is 0.522. The highest BCUT2D eigenvalue weighted by atomic mass is 16.5. The lowest BCUT2D eigenvalue weighted by Gasteiger charge is -2.20. The number of aliphatic hydroxyl groups excluding tert-OH is 1. The zero-order chi connectivity index (χ0) is 11.3. The molecule has 2 unspecified atom stereocenters. The molecule has 0 saturated heterocycles. The first-order chi connectivity index (χ1) is 7.24. The summed E-state index contributed by atoms with van der Waals surface area (Å²) < 4.78 is 10.3. The number of aliphatic hydroxyl groups is 1. The van der Waals surface area contributed by atoms with Gasteiger partial charge in [0.15, 0.2) is 0 Å². The molecule has 1 aromatic heterocycles. The topological polar surface area (TPSA) is 51.6 Å². The monoisotopic (exact) mass is 211 g/mol. The normalized spacial score (nSPS) is 14.7. The maximum Gasteiger partial charge on any atom is 0.143 e. The van der Waals surface area contributed by atoms with Crippen LogP contribution < -0.4 is 4.74 Å². The van der Waals surface area contributed by atoms with Gasteiger partial charge in [0.25, 0.3) is 0 Å². The Kier molecular flexibility index (Phi) is 4.52. The van der Waals surface area contributed by atoms with Crippen molar-refractivity contribution in [2.24, 2.45) is 0 Å². The Morgan fingerprint density at radius 1 is 1.47 bits per heavy atom. The van der Waals surface area contributed by atoms with Crippen LogP contribution in [0.25, 0.3) is 0 Å². The maximum atomic E-state index is 10.0. The number of nitrogens with zero attached hydrogens (tertiary/aromatic N) is 1. The molecule has 84 valence electrons. The van der Waals surface area contributed by atoms with E-state index in [1.807, 2.05) is 6.92 Å². The lowest BCUT2D eigenvalue weighted by atomic mass is 10.1. The second kappa shape index (κ2) is 5.68. The van der Waals surface area contributed by atoms with E-state index in [2.05, 4.69) is 4.98 Å². The maximum absolute atomic E-state index is 10.0. The van der Waals surface area contributed by atoms with E-state index in [9.17, 15) is 5.11 Å². The summed E-state index contributed by atoms with van der Waals surface area (Å²) in [5.74, 6) is 0.584. The second-order valence-electron chi connectivity index (χ2n) is 3.22. The van der Waals surface area contributed by atoms with Crippen LogP contribution in [0.2, 0.25) is 0 Å². The van der Waals surface area contributed by atoms with Crippen molar-refractivity contribution in [1.82, 2.24) is 4.98 Å². The highest BCUT2D eigenvalue weighted by molar-refractivity contribution is 5.29. The molecule has 0 aromatic carbocycles. The number of hydrogen-bond donors (Lipinski definition) is 1. The molecule has 0 amide bonds. The number of pyridine rings is 1. The summed E-state index contributed by atoms with van der Waals surface area (Å²) in [4.78, 5) is 4.11. The van der Waals surface area contributed by atoms with Gasteiger partial charge in [-0.2, -0.15) is 0 Å². The van der Waals surface area contributed by atoms with E-state index in [0.29, 0.717) is 11.4 Å². The molecule has 0 aliphatic carbocycles. The van der Waals surface area contributed by atoms with Crippen LogP contribution in [0.3, 0.4) is 0 Å². The molecule has 4 heteroatoms. The van der Waals surface area contributed by atoms with Crippen molar-refractivity contribution in [3.8, 4) is 5.75 Å². The molecule has 0 aliphatic heterocycles. The Bertz CT molecular complexity index is 300. The average Bonchev–Trinajstić information content (AvgIpc) is 2.30. The average molecular weight is 211 g/mol. The number of hydrogen-bond acceptors (Lipinski definition) is 4. The standard InChI is InChI=1S/C11H17NO3/c1-4-8(14-2)11(13)10-9(15-3)6-5-7-12-10/h5-8,11,13H,4H2,1-3H3. The van der Waals surface area contributed by atoms with Gasteiger partial charge in [0.2, 0.25) is 0 Å². The highest BCUT2D eigenvalue weighted by Crippen LogP contribution is 2.26. The van der Waals surface area contributed by atoms with Crippen molar-refractivity contribution in [3.63, 3.8) is 0 Å². The van der Waals surface area contributed by atoms with Crippen molar-refractivity contribution in [1.29, 1.82) is 0 Å². The Labute approximate surface area is 89.9 Å². The lowest BCUT2D eigenvalue weighted by Crippen LogP contribution is -2.21. The van der Waals surface area contributed by atoms with E-state index in [1.165, 1.54) is 0 Å². The highest BCUT2D eigenvalue weighted by Gasteiger charge is 2.23. The van der Waals surface area contributed by atoms with Crippen molar-refractivity contribution in [3.05, 3.63) is 24.0 Å². The first-order valence-corrected chi connectivity index (χ1v) is 4.94. The molecule has 0 aliphatic rings. The van der Waals surface area contributed by atoms with E-state index in [4.69, 9.17) is 9.47 Å². The van der Waals surface area contributed by atoms with Gasteiger partial charge in [-0.05, 0) is 18.6 Å². The summed E-state index contributed by atoms with van der Waals surface area (Å²) >= 11 is 0. The minimum atomic E-state index is -0.754. The molecule has 0 bridgehead atoms.